The van der Waals surface area contributed by atoms with E-state index in [1.165, 1.54) is 18.4 Å². The number of aryl methyl sites for hydroxylation is 1. The largest absolute Gasteiger partial charge is 0.441 e. The highest BCUT2D eigenvalue weighted by atomic mass is 16.3. The number of hydrogen-bond donors (Lipinski definition) is 1. The first-order valence-corrected chi connectivity index (χ1v) is 6.47. The summed E-state index contributed by atoms with van der Waals surface area (Å²) in [4.78, 5) is 4.58. The molecular formula is C14H18N2O. The maximum absolute atomic E-state index is 5.78. The quantitative estimate of drug-likeness (QED) is 0.881. The maximum atomic E-state index is 5.78. The minimum atomic E-state index is 0.550. The summed E-state index contributed by atoms with van der Waals surface area (Å²) < 4.78 is 5.78. The van der Waals surface area contributed by atoms with E-state index in [1.54, 1.807) is 0 Å². The molecule has 1 N–H and O–H groups in total. The van der Waals surface area contributed by atoms with Gasteiger partial charge in [0.05, 0.1) is 0 Å². The molecule has 17 heavy (non-hydrogen) atoms. The molecule has 1 atom stereocenters. The number of oxazole rings is 1. The summed E-state index contributed by atoms with van der Waals surface area (Å²) in [5.74, 6) is 0.868. The molecule has 1 saturated heterocycles. The van der Waals surface area contributed by atoms with E-state index >= 15 is 0 Å². The summed E-state index contributed by atoms with van der Waals surface area (Å²) in [6.07, 6.45) is 4.46. The van der Waals surface area contributed by atoms with Crippen LogP contribution in [0, 0.1) is 0 Å². The number of fused-ring (bicyclic) bond motifs is 1. The Labute approximate surface area is 101 Å². The van der Waals surface area contributed by atoms with Crippen molar-refractivity contribution < 1.29 is 4.42 Å². The minimum Gasteiger partial charge on any atom is -0.441 e. The molecule has 1 aliphatic heterocycles. The van der Waals surface area contributed by atoms with Gasteiger partial charge in [-0.15, -0.1) is 0 Å². The Hall–Kier alpha value is -1.35. The molecular weight excluding hydrogens is 212 g/mol. The molecule has 0 aliphatic carbocycles. The lowest BCUT2D eigenvalue weighted by atomic mass is 10.1. The SMILES string of the molecule is CCc1ccc2oc(CC3CCCN3)nc2c1. The molecule has 1 aromatic heterocycles. The van der Waals surface area contributed by atoms with E-state index < -0.39 is 0 Å². The molecule has 1 fully saturated rings. The number of nitrogens with one attached hydrogen (secondary N) is 1. The molecule has 3 nitrogen and oxygen atoms in total. The zero-order valence-electron chi connectivity index (χ0n) is 10.2. The molecule has 1 aliphatic rings. The highest BCUT2D eigenvalue weighted by Gasteiger charge is 2.17. The lowest BCUT2D eigenvalue weighted by Gasteiger charge is -2.05. The summed E-state index contributed by atoms with van der Waals surface area (Å²) in [6.45, 7) is 3.29. The van der Waals surface area contributed by atoms with Gasteiger partial charge in [0.1, 0.15) is 5.52 Å². The van der Waals surface area contributed by atoms with Crippen molar-refractivity contribution in [1.29, 1.82) is 0 Å². The Morgan fingerprint density at radius 3 is 3.18 bits per heavy atom. The number of nitrogens with zero attached hydrogens (tertiary/aromatic N) is 1. The van der Waals surface area contributed by atoms with Crippen LogP contribution in [0.25, 0.3) is 11.1 Å². The van der Waals surface area contributed by atoms with Crippen molar-refractivity contribution in [3.8, 4) is 0 Å². The van der Waals surface area contributed by atoms with Gasteiger partial charge in [0, 0.05) is 12.5 Å². The van der Waals surface area contributed by atoms with Crippen molar-refractivity contribution in [1.82, 2.24) is 10.3 Å². The number of benzene rings is 1. The summed E-state index contributed by atoms with van der Waals surface area (Å²) >= 11 is 0. The standard InChI is InChI=1S/C14H18N2O/c1-2-10-5-6-13-12(8-10)16-14(17-13)9-11-4-3-7-15-11/h5-6,8,11,15H,2-4,7,9H2,1H3. The Balaban J connectivity index is 1.85. The normalized spacial score (nSPS) is 20.2. The van der Waals surface area contributed by atoms with Gasteiger partial charge in [0.2, 0.25) is 0 Å². The second kappa shape index (κ2) is 4.49. The molecule has 3 heteroatoms. The van der Waals surface area contributed by atoms with Crippen LogP contribution in [0.3, 0.4) is 0 Å². The molecule has 2 aromatic rings. The summed E-state index contributed by atoms with van der Waals surface area (Å²) in [5, 5.41) is 3.47. The van der Waals surface area contributed by atoms with Crippen LogP contribution < -0.4 is 5.32 Å². The van der Waals surface area contributed by atoms with Gasteiger partial charge in [0.15, 0.2) is 11.5 Å². The monoisotopic (exact) mass is 230 g/mol. The van der Waals surface area contributed by atoms with Crippen molar-refractivity contribution in [2.45, 2.75) is 38.6 Å². The minimum absolute atomic E-state index is 0.550. The lowest BCUT2D eigenvalue weighted by Crippen LogP contribution is -2.23. The van der Waals surface area contributed by atoms with Gasteiger partial charge < -0.3 is 9.73 Å². The first kappa shape index (κ1) is 10.8. The van der Waals surface area contributed by atoms with Crippen LogP contribution in [0.5, 0.6) is 0 Å². The third-order valence-corrected chi connectivity index (χ3v) is 3.49. The van der Waals surface area contributed by atoms with Crippen molar-refractivity contribution >= 4 is 11.1 Å². The number of aromatic nitrogens is 1. The molecule has 0 radical (unpaired) electrons. The maximum Gasteiger partial charge on any atom is 0.197 e. The predicted molar refractivity (Wildman–Crippen MR) is 68.1 cm³/mol. The Morgan fingerprint density at radius 2 is 2.41 bits per heavy atom. The summed E-state index contributed by atoms with van der Waals surface area (Å²) in [5.41, 5.74) is 3.23. The Kier molecular flexibility index (Phi) is 2.85. The van der Waals surface area contributed by atoms with E-state index in [2.05, 4.69) is 29.4 Å². The average molecular weight is 230 g/mol. The summed E-state index contributed by atoms with van der Waals surface area (Å²) in [6, 6.07) is 6.83. The van der Waals surface area contributed by atoms with Crippen LogP contribution >= 0.6 is 0 Å². The van der Waals surface area contributed by atoms with Crippen LogP contribution in [-0.2, 0) is 12.8 Å². The van der Waals surface area contributed by atoms with Gasteiger partial charge in [-0.1, -0.05) is 13.0 Å². The first-order valence-electron chi connectivity index (χ1n) is 6.47. The van der Waals surface area contributed by atoms with E-state index in [-0.39, 0.29) is 0 Å². The van der Waals surface area contributed by atoms with Crippen LogP contribution in [0.2, 0.25) is 0 Å². The molecule has 1 aromatic carbocycles. The molecule has 0 saturated carbocycles. The van der Waals surface area contributed by atoms with Gasteiger partial charge in [0.25, 0.3) is 0 Å². The zero-order chi connectivity index (χ0) is 11.7. The van der Waals surface area contributed by atoms with Gasteiger partial charge >= 0.3 is 0 Å². The molecule has 90 valence electrons. The average Bonchev–Trinajstić information content (AvgIpc) is 2.96. The third-order valence-electron chi connectivity index (χ3n) is 3.49. The molecule has 0 bridgehead atoms. The lowest BCUT2D eigenvalue weighted by molar-refractivity contribution is 0.478. The highest BCUT2D eigenvalue weighted by Crippen LogP contribution is 2.20. The third kappa shape index (κ3) is 2.20. The van der Waals surface area contributed by atoms with Crippen molar-refractivity contribution in [3.05, 3.63) is 29.7 Å². The summed E-state index contributed by atoms with van der Waals surface area (Å²) in [7, 11) is 0. The molecule has 3 rings (SSSR count). The van der Waals surface area contributed by atoms with E-state index in [0.29, 0.717) is 6.04 Å². The van der Waals surface area contributed by atoms with Crippen LogP contribution in [0.4, 0.5) is 0 Å². The topological polar surface area (TPSA) is 38.1 Å². The fourth-order valence-corrected chi connectivity index (χ4v) is 2.47. The van der Waals surface area contributed by atoms with Gasteiger partial charge in [-0.3, -0.25) is 0 Å². The Bertz CT molecular complexity index is 512. The van der Waals surface area contributed by atoms with E-state index in [4.69, 9.17) is 4.42 Å². The van der Waals surface area contributed by atoms with Crippen molar-refractivity contribution in [2.75, 3.05) is 6.54 Å². The zero-order valence-corrected chi connectivity index (χ0v) is 10.2. The van der Waals surface area contributed by atoms with E-state index in [1.807, 2.05) is 6.07 Å². The number of rotatable bonds is 3. The first-order chi connectivity index (χ1) is 8.35. The highest BCUT2D eigenvalue weighted by molar-refractivity contribution is 5.73. The fourth-order valence-electron chi connectivity index (χ4n) is 2.47. The second-order valence-electron chi connectivity index (χ2n) is 4.76. The molecule has 2 heterocycles. The van der Waals surface area contributed by atoms with Gasteiger partial charge in [-0.2, -0.15) is 0 Å². The van der Waals surface area contributed by atoms with Crippen LogP contribution in [-0.4, -0.2) is 17.6 Å². The van der Waals surface area contributed by atoms with E-state index in [9.17, 15) is 0 Å². The van der Waals surface area contributed by atoms with E-state index in [0.717, 1.165) is 36.4 Å². The molecule has 0 amide bonds. The van der Waals surface area contributed by atoms with Gasteiger partial charge in [-0.05, 0) is 43.5 Å². The fraction of sp³-hybridized carbons (Fsp3) is 0.500. The molecule has 1 unspecified atom stereocenters. The smallest absolute Gasteiger partial charge is 0.197 e. The van der Waals surface area contributed by atoms with Gasteiger partial charge in [-0.25, -0.2) is 4.98 Å². The molecule has 0 spiro atoms. The Morgan fingerprint density at radius 1 is 1.47 bits per heavy atom. The van der Waals surface area contributed by atoms with Crippen molar-refractivity contribution in [3.63, 3.8) is 0 Å². The van der Waals surface area contributed by atoms with Crippen LogP contribution in [0.1, 0.15) is 31.2 Å². The van der Waals surface area contributed by atoms with Crippen molar-refractivity contribution in [2.24, 2.45) is 0 Å². The second-order valence-corrected chi connectivity index (χ2v) is 4.76. The van der Waals surface area contributed by atoms with Crippen LogP contribution in [0.15, 0.2) is 22.6 Å². The predicted octanol–water partition coefficient (Wildman–Crippen LogP) is 2.68. The number of hydrogen-bond acceptors (Lipinski definition) is 3.